The van der Waals surface area contributed by atoms with Gasteiger partial charge in [0.25, 0.3) is 0 Å². The molecule has 350 valence electrons. The Hall–Kier alpha value is -6.68. The third kappa shape index (κ3) is 8.19. The van der Waals surface area contributed by atoms with E-state index >= 15 is 0 Å². The van der Waals surface area contributed by atoms with E-state index in [0.29, 0.717) is 5.46 Å². The number of fused-ring (bicyclic) bond motifs is 12. The number of rotatable bonds is 5. The normalized spacial score (nSPS) is 11.3. The summed E-state index contributed by atoms with van der Waals surface area (Å²) in [5.41, 5.74) is 14.4. The third-order valence-corrected chi connectivity index (χ3v) is 14.0. The molecule has 0 aliphatic carbocycles. The SMILES string of the molecule is Brc1ccc2c(c1)c1ccccc1n2-c1ccc2c(c1)c1ccccc1n2-c1ccccc1.CI.CI.OB(O)c1ccc2c(c1)c1ccccc1n2-c1ccc2c(c1)c1ccccc1n2-c1ccccc1. The molecule has 2 N–H and O–H groups in total. The van der Waals surface area contributed by atoms with Gasteiger partial charge in [0.15, 0.2) is 0 Å². The van der Waals surface area contributed by atoms with Gasteiger partial charge in [0, 0.05) is 70.3 Å². The standard InChI is InChI=1S/C30H21BN2O2.C30H19BrN2.2CH3I/c34-31(35)20-14-16-29-25(18-20)23-10-4-7-13-28(23)33(29)22-15-17-30-26(19-22)24-11-5-6-12-27(24)32(30)21-8-2-1-3-9-21;31-20-14-16-29-25(18-20)23-10-4-7-13-28(23)33(29)22-15-17-30-26(19-22)24-11-5-6-12-27(24)32(30)21-8-2-1-3-9-21;2*1-2/h1-19,34-35H;1-19H;2*1H3. The lowest BCUT2D eigenvalue weighted by atomic mass is 9.80. The highest BCUT2D eigenvalue weighted by atomic mass is 127. The molecule has 0 fully saturated rings. The van der Waals surface area contributed by atoms with Crippen LogP contribution in [-0.2, 0) is 0 Å². The summed E-state index contributed by atoms with van der Waals surface area (Å²) in [6.07, 6.45) is 0. The number of para-hydroxylation sites is 6. The minimum Gasteiger partial charge on any atom is -0.423 e. The molecular formula is C62H46BBrI2N4O2. The lowest BCUT2D eigenvalue weighted by molar-refractivity contribution is 0.426. The summed E-state index contributed by atoms with van der Waals surface area (Å²) in [4.78, 5) is 3.94. The fourth-order valence-corrected chi connectivity index (χ4v) is 10.9. The van der Waals surface area contributed by atoms with Crippen LogP contribution in [0.5, 0.6) is 0 Å². The molecule has 0 radical (unpaired) electrons. The van der Waals surface area contributed by atoms with Crippen molar-refractivity contribution in [3.63, 3.8) is 0 Å². The number of hydrogen-bond acceptors (Lipinski definition) is 2. The summed E-state index contributed by atoms with van der Waals surface area (Å²) in [7, 11) is -1.50. The van der Waals surface area contributed by atoms with Crippen molar-refractivity contribution < 1.29 is 10.0 Å². The number of alkyl halides is 2. The van der Waals surface area contributed by atoms with Crippen LogP contribution in [-0.4, -0.2) is 45.3 Å². The first kappa shape index (κ1) is 47.6. The van der Waals surface area contributed by atoms with Crippen molar-refractivity contribution >= 4 is 161 Å². The van der Waals surface area contributed by atoms with E-state index in [1.54, 1.807) is 6.07 Å². The van der Waals surface area contributed by atoms with E-state index < -0.39 is 7.12 Å². The molecule has 0 bridgehead atoms. The van der Waals surface area contributed by atoms with Gasteiger partial charge in [-0.15, -0.1) is 0 Å². The predicted molar refractivity (Wildman–Crippen MR) is 328 cm³/mol. The molecule has 4 aromatic heterocycles. The van der Waals surface area contributed by atoms with Crippen LogP contribution in [0.3, 0.4) is 0 Å². The zero-order valence-corrected chi connectivity index (χ0v) is 45.2. The molecule has 72 heavy (non-hydrogen) atoms. The van der Waals surface area contributed by atoms with Gasteiger partial charge < -0.3 is 28.3 Å². The zero-order chi connectivity index (χ0) is 49.5. The van der Waals surface area contributed by atoms with Gasteiger partial charge in [-0.2, -0.15) is 0 Å². The van der Waals surface area contributed by atoms with Gasteiger partial charge in [-0.3, -0.25) is 0 Å². The lowest BCUT2D eigenvalue weighted by Crippen LogP contribution is -2.29. The van der Waals surface area contributed by atoms with Crippen molar-refractivity contribution in [1.82, 2.24) is 18.3 Å². The highest BCUT2D eigenvalue weighted by Crippen LogP contribution is 2.39. The monoisotopic (exact) mass is 1220 g/mol. The molecule has 10 aromatic carbocycles. The molecule has 0 saturated heterocycles. The molecule has 14 rings (SSSR count). The first-order chi connectivity index (χ1) is 35.5. The van der Waals surface area contributed by atoms with E-state index in [0.717, 1.165) is 43.2 Å². The Morgan fingerprint density at radius 3 is 0.972 bits per heavy atom. The lowest BCUT2D eigenvalue weighted by Gasteiger charge is -2.10. The minimum absolute atomic E-state index is 0.488. The Kier molecular flexibility index (Phi) is 13.5. The van der Waals surface area contributed by atoms with Crippen LogP contribution in [0.1, 0.15) is 0 Å². The van der Waals surface area contributed by atoms with Gasteiger partial charge in [-0.25, -0.2) is 0 Å². The quantitative estimate of drug-likeness (QED) is 0.102. The summed E-state index contributed by atoms with van der Waals surface area (Å²) < 4.78 is 10.4. The molecule has 0 atom stereocenters. The van der Waals surface area contributed by atoms with Crippen LogP contribution in [0.2, 0.25) is 0 Å². The fourth-order valence-electron chi connectivity index (χ4n) is 10.6. The second-order valence-corrected chi connectivity index (χ2v) is 18.2. The average Bonchev–Trinajstić information content (AvgIpc) is 4.17. The number of benzene rings is 10. The van der Waals surface area contributed by atoms with Crippen molar-refractivity contribution in [2.75, 3.05) is 9.86 Å². The Labute approximate surface area is 452 Å². The highest BCUT2D eigenvalue weighted by Gasteiger charge is 2.20. The van der Waals surface area contributed by atoms with Gasteiger partial charge in [-0.1, -0.05) is 182 Å². The average molecular weight is 1220 g/mol. The van der Waals surface area contributed by atoms with Crippen LogP contribution in [0, 0.1) is 0 Å². The molecular weight excluding hydrogens is 1180 g/mol. The second-order valence-electron chi connectivity index (χ2n) is 17.3. The fraction of sp³-hybridized carbons (Fsp3) is 0.0323. The zero-order valence-electron chi connectivity index (χ0n) is 39.3. The van der Waals surface area contributed by atoms with E-state index in [2.05, 4.69) is 274 Å². The maximum absolute atomic E-state index is 9.74. The van der Waals surface area contributed by atoms with Gasteiger partial charge in [-0.05, 0) is 125 Å². The summed E-state index contributed by atoms with van der Waals surface area (Å²) in [6, 6.07) is 80.8. The van der Waals surface area contributed by atoms with E-state index in [1.165, 1.54) is 71.3 Å². The Bertz CT molecular complexity index is 4280. The summed E-state index contributed by atoms with van der Waals surface area (Å²) in [6.45, 7) is 0. The van der Waals surface area contributed by atoms with Gasteiger partial charge >= 0.3 is 7.12 Å². The van der Waals surface area contributed by atoms with Crippen molar-refractivity contribution in [2.24, 2.45) is 0 Å². The molecule has 4 heterocycles. The van der Waals surface area contributed by atoms with Crippen molar-refractivity contribution in [3.8, 4) is 22.7 Å². The smallest absolute Gasteiger partial charge is 0.423 e. The van der Waals surface area contributed by atoms with Crippen molar-refractivity contribution in [1.29, 1.82) is 0 Å². The molecule has 6 nitrogen and oxygen atoms in total. The summed E-state index contributed by atoms with van der Waals surface area (Å²) >= 11 is 7.96. The van der Waals surface area contributed by atoms with Crippen molar-refractivity contribution in [2.45, 2.75) is 0 Å². The largest absolute Gasteiger partial charge is 0.488 e. The third-order valence-electron chi connectivity index (χ3n) is 13.5. The number of nitrogens with zero attached hydrogens (tertiary/aromatic N) is 4. The maximum Gasteiger partial charge on any atom is 0.488 e. The number of aromatic nitrogens is 4. The van der Waals surface area contributed by atoms with Gasteiger partial charge in [0.05, 0.1) is 44.1 Å². The van der Waals surface area contributed by atoms with Crippen LogP contribution in [0.25, 0.3) is 110 Å². The molecule has 0 aliphatic rings. The molecule has 0 amide bonds. The molecule has 0 unspecified atom stereocenters. The summed E-state index contributed by atoms with van der Waals surface area (Å²) in [5, 5.41) is 29.0. The first-order valence-corrected chi connectivity index (χ1v) is 28.6. The topological polar surface area (TPSA) is 60.2 Å². The molecule has 0 saturated carbocycles. The Morgan fingerprint density at radius 2 is 0.583 bits per heavy atom. The van der Waals surface area contributed by atoms with E-state index in [1.807, 2.05) is 40.2 Å². The van der Waals surface area contributed by atoms with Gasteiger partial charge in [0.1, 0.15) is 0 Å². The van der Waals surface area contributed by atoms with Crippen molar-refractivity contribution in [3.05, 3.63) is 235 Å². The molecule has 10 heteroatoms. The maximum atomic E-state index is 9.74. The van der Waals surface area contributed by atoms with Crippen LogP contribution in [0.4, 0.5) is 0 Å². The van der Waals surface area contributed by atoms with E-state index in [-0.39, 0.29) is 0 Å². The Balaban J connectivity index is 0.000000146. The molecule has 0 spiro atoms. The first-order valence-electron chi connectivity index (χ1n) is 23.5. The second kappa shape index (κ2) is 20.4. The summed E-state index contributed by atoms with van der Waals surface area (Å²) in [5.74, 6) is 0. The predicted octanol–water partition coefficient (Wildman–Crippen LogP) is 16.3. The minimum atomic E-state index is -1.50. The Morgan fingerprint density at radius 1 is 0.292 bits per heavy atom. The molecule has 14 aromatic rings. The molecule has 0 aliphatic heterocycles. The number of halogens is 3. The van der Waals surface area contributed by atoms with E-state index in [4.69, 9.17) is 0 Å². The van der Waals surface area contributed by atoms with Gasteiger partial charge in [0.2, 0.25) is 0 Å². The van der Waals surface area contributed by atoms with E-state index in [9.17, 15) is 10.0 Å². The highest BCUT2D eigenvalue weighted by molar-refractivity contribution is 14.1. The van der Waals surface area contributed by atoms with Crippen LogP contribution >= 0.6 is 61.1 Å². The van der Waals surface area contributed by atoms with Crippen LogP contribution in [0.15, 0.2) is 235 Å². The number of hydrogen-bond donors (Lipinski definition) is 2. The van der Waals surface area contributed by atoms with Crippen LogP contribution < -0.4 is 5.46 Å².